The number of carbonyl (C=O) groups is 3. The summed E-state index contributed by atoms with van der Waals surface area (Å²) in [5.74, 6) is 0.347. The second-order valence-corrected chi connectivity index (χ2v) is 13.2. The van der Waals surface area contributed by atoms with Crippen LogP contribution in [0.4, 0.5) is 13.2 Å². The monoisotopic (exact) mass is 635 g/mol. The molecule has 13 heteroatoms. The minimum Gasteiger partial charge on any atom is -0.483 e. The number of ether oxygens (including phenoxy) is 1. The van der Waals surface area contributed by atoms with Crippen molar-refractivity contribution >= 4 is 17.7 Å². The third kappa shape index (κ3) is 9.21. The number of hydrogen-bond donors (Lipinski definition) is 1. The van der Waals surface area contributed by atoms with E-state index in [9.17, 15) is 27.6 Å². The van der Waals surface area contributed by atoms with Gasteiger partial charge in [-0.3, -0.25) is 19.3 Å². The molecule has 0 spiro atoms. The zero-order valence-corrected chi connectivity index (χ0v) is 26.7. The second kappa shape index (κ2) is 14.2. The molecule has 248 valence electrons. The summed E-state index contributed by atoms with van der Waals surface area (Å²) in [5.41, 5.74) is 0.0263. The number of rotatable bonds is 10. The van der Waals surface area contributed by atoms with Crippen LogP contribution in [0.15, 0.2) is 34.9 Å². The highest BCUT2D eigenvalue weighted by Crippen LogP contribution is 2.26. The Hall–Kier alpha value is -3.61. The molecule has 2 fully saturated rings. The van der Waals surface area contributed by atoms with Crippen molar-refractivity contribution in [3.05, 3.63) is 47.7 Å². The fourth-order valence-corrected chi connectivity index (χ4v) is 5.65. The Bertz CT molecular complexity index is 1330. The van der Waals surface area contributed by atoms with E-state index in [1.165, 1.54) is 9.80 Å². The van der Waals surface area contributed by atoms with E-state index in [1.807, 2.05) is 34.6 Å². The number of oxazole rings is 1. The molecule has 2 aliphatic heterocycles. The van der Waals surface area contributed by atoms with Gasteiger partial charge < -0.3 is 24.3 Å². The molecule has 1 N–H and O–H groups in total. The number of halogens is 3. The Morgan fingerprint density at radius 1 is 1.07 bits per heavy atom. The standard InChI is InChI=1S/C32H44F3N5O5/c1-21(2)17-23(29(42)40-12-8-10-24(40)30(43)39-15-13-38(14-16-39)20-32(33,34)35)37-28(41)22-9-6-7-11-25(22)44-19-27-36-18-26(45-27)31(3,4)5/h6-7,9,11,18,21,23-24H,8,10,12-17,19-20H2,1-5H3,(H,37,41)/t23-,24-/m1/s1. The van der Waals surface area contributed by atoms with Crippen LogP contribution in [0, 0.1) is 5.92 Å². The molecule has 10 nitrogen and oxygen atoms in total. The summed E-state index contributed by atoms with van der Waals surface area (Å²) in [4.78, 5) is 49.5. The van der Waals surface area contributed by atoms with E-state index in [0.29, 0.717) is 43.2 Å². The average molecular weight is 636 g/mol. The normalized spacial score (nSPS) is 18.7. The number of hydrogen-bond acceptors (Lipinski definition) is 7. The Balaban J connectivity index is 1.42. The molecule has 0 unspecified atom stereocenters. The van der Waals surface area contributed by atoms with Gasteiger partial charge in [0.25, 0.3) is 5.91 Å². The maximum Gasteiger partial charge on any atom is 0.401 e. The highest BCUT2D eigenvalue weighted by atomic mass is 19.4. The van der Waals surface area contributed by atoms with Gasteiger partial charge >= 0.3 is 6.18 Å². The van der Waals surface area contributed by atoms with Crippen LogP contribution in [0.2, 0.25) is 0 Å². The van der Waals surface area contributed by atoms with Gasteiger partial charge in [0.05, 0.1) is 18.3 Å². The fourth-order valence-electron chi connectivity index (χ4n) is 5.65. The van der Waals surface area contributed by atoms with Gasteiger partial charge in [0.2, 0.25) is 17.7 Å². The quantitative estimate of drug-likeness (QED) is 0.413. The van der Waals surface area contributed by atoms with E-state index in [-0.39, 0.29) is 61.5 Å². The number of nitrogens with zero attached hydrogens (tertiary/aromatic N) is 4. The van der Waals surface area contributed by atoms with Crippen LogP contribution < -0.4 is 10.1 Å². The van der Waals surface area contributed by atoms with Gasteiger partial charge in [-0.1, -0.05) is 46.8 Å². The van der Waals surface area contributed by atoms with E-state index < -0.39 is 30.7 Å². The summed E-state index contributed by atoms with van der Waals surface area (Å²) in [6, 6.07) is 5.11. The van der Waals surface area contributed by atoms with Crippen molar-refractivity contribution in [1.82, 2.24) is 25.0 Å². The van der Waals surface area contributed by atoms with Gasteiger partial charge in [-0.25, -0.2) is 4.98 Å². The number of likely N-dealkylation sites (tertiary alicyclic amines) is 1. The first kappa shape index (κ1) is 34.3. The van der Waals surface area contributed by atoms with Crippen LogP contribution in [-0.2, 0) is 21.6 Å². The molecular formula is C32H44F3N5O5. The van der Waals surface area contributed by atoms with Crippen LogP contribution in [-0.4, -0.2) is 94.9 Å². The van der Waals surface area contributed by atoms with Crippen molar-refractivity contribution in [2.75, 3.05) is 39.3 Å². The minimum atomic E-state index is -4.30. The summed E-state index contributed by atoms with van der Waals surface area (Å²) < 4.78 is 50.1. The van der Waals surface area contributed by atoms with Gasteiger partial charge in [0.1, 0.15) is 23.6 Å². The average Bonchev–Trinajstić information content (AvgIpc) is 3.65. The lowest BCUT2D eigenvalue weighted by Gasteiger charge is -2.38. The zero-order chi connectivity index (χ0) is 32.9. The number of alkyl halides is 3. The maximum absolute atomic E-state index is 13.9. The molecule has 4 rings (SSSR count). The van der Waals surface area contributed by atoms with E-state index in [0.717, 1.165) is 0 Å². The fraction of sp³-hybridized carbons (Fsp3) is 0.625. The lowest BCUT2D eigenvalue weighted by molar-refractivity contribution is -0.154. The molecule has 1 aromatic heterocycles. The van der Waals surface area contributed by atoms with Crippen LogP contribution in [0.25, 0.3) is 0 Å². The van der Waals surface area contributed by atoms with Crippen molar-refractivity contribution in [2.45, 2.75) is 84.2 Å². The van der Waals surface area contributed by atoms with Crippen molar-refractivity contribution in [2.24, 2.45) is 5.92 Å². The van der Waals surface area contributed by atoms with Crippen molar-refractivity contribution in [3.8, 4) is 5.75 Å². The summed E-state index contributed by atoms with van der Waals surface area (Å²) in [5, 5.41) is 2.88. The number of carbonyl (C=O) groups excluding carboxylic acids is 3. The molecule has 0 saturated carbocycles. The van der Waals surface area contributed by atoms with Gasteiger partial charge in [-0.2, -0.15) is 13.2 Å². The van der Waals surface area contributed by atoms with Gasteiger partial charge in [0.15, 0.2) is 6.61 Å². The summed E-state index contributed by atoms with van der Waals surface area (Å²) in [6.45, 7) is 9.85. The molecule has 3 amide bonds. The van der Waals surface area contributed by atoms with Crippen LogP contribution in [0.3, 0.4) is 0 Å². The molecule has 2 aromatic rings. The first-order valence-electron chi connectivity index (χ1n) is 15.5. The molecule has 2 atom stereocenters. The SMILES string of the molecule is CC(C)C[C@@H](NC(=O)c1ccccc1OCc1ncc(C(C)(C)C)o1)C(=O)N1CCC[C@@H]1C(=O)N1CCN(CC(F)(F)F)CC1. The molecule has 0 radical (unpaired) electrons. The third-order valence-corrected chi connectivity index (χ3v) is 7.99. The number of para-hydroxylation sites is 1. The predicted octanol–water partition coefficient (Wildman–Crippen LogP) is 4.39. The van der Waals surface area contributed by atoms with Gasteiger partial charge in [0, 0.05) is 38.1 Å². The molecular weight excluding hydrogens is 591 g/mol. The smallest absolute Gasteiger partial charge is 0.401 e. The molecule has 1 aromatic carbocycles. The molecule has 2 aliphatic rings. The molecule has 0 bridgehead atoms. The first-order chi connectivity index (χ1) is 21.1. The van der Waals surface area contributed by atoms with Crippen LogP contribution >= 0.6 is 0 Å². The third-order valence-electron chi connectivity index (χ3n) is 7.99. The maximum atomic E-state index is 13.9. The molecule has 0 aliphatic carbocycles. The lowest BCUT2D eigenvalue weighted by atomic mass is 9.94. The van der Waals surface area contributed by atoms with Crippen LogP contribution in [0.1, 0.15) is 75.9 Å². The zero-order valence-electron chi connectivity index (χ0n) is 26.7. The Morgan fingerprint density at radius 2 is 1.76 bits per heavy atom. The second-order valence-electron chi connectivity index (χ2n) is 13.2. The Kier molecular flexibility index (Phi) is 10.8. The van der Waals surface area contributed by atoms with E-state index in [1.54, 1.807) is 35.4 Å². The van der Waals surface area contributed by atoms with Crippen molar-refractivity contribution in [3.63, 3.8) is 0 Å². The molecule has 3 heterocycles. The summed E-state index contributed by atoms with van der Waals surface area (Å²) in [7, 11) is 0. The van der Waals surface area contributed by atoms with E-state index in [4.69, 9.17) is 9.15 Å². The summed E-state index contributed by atoms with van der Waals surface area (Å²) in [6.07, 6.45) is -1.20. The number of piperazine rings is 1. The highest BCUT2D eigenvalue weighted by Gasteiger charge is 2.41. The number of nitrogens with one attached hydrogen (secondary N) is 1. The Labute approximate surface area is 262 Å². The van der Waals surface area contributed by atoms with E-state index >= 15 is 0 Å². The van der Waals surface area contributed by atoms with Gasteiger partial charge in [-0.15, -0.1) is 0 Å². The lowest BCUT2D eigenvalue weighted by Crippen LogP contribution is -2.57. The van der Waals surface area contributed by atoms with Crippen LogP contribution in [0.5, 0.6) is 5.75 Å². The minimum absolute atomic E-state index is 0.0107. The highest BCUT2D eigenvalue weighted by molar-refractivity contribution is 6.00. The molecule has 2 saturated heterocycles. The Morgan fingerprint density at radius 3 is 2.38 bits per heavy atom. The largest absolute Gasteiger partial charge is 0.483 e. The molecule has 45 heavy (non-hydrogen) atoms. The first-order valence-corrected chi connectivity index (χ1v) is 15.5. The number of amides is 3. The van der Waals surface area contributed by atoms with Crippen molar-refractivity contribution in [1.29, 1.82) is 0 Å². The number of benzene rings is 1. The van der Waals surface area contributed by atoms with Crippen molar-refractivity contribution < 1.29 is 36.7 Å². The summed E-state index contributed by atoms with van der Waals surface area (Å²) >= 11 is 0. The number of aromatic nitrogens is 1. The topological polar surface area (TPSA) is 108 Å². The van der Waals surface area contributed by atoms with Gasteiger partial charge in [-0.05, 0) is 37.3 Å². The van der Waals surface area contributed by atoms with E-state index in [2.05, 4.69) is 10.3 Å². The predicted molar refractivity (Wildman–Crippen MR) is 160 cm³/mol.